The van der Waals surface area contributed by atoms with E-state index in [0.717, 1.165) is 0 Å². The van der Waals surface area contributed by atoms with Gasteiger partial charge in [0, 0.05) is 5.56 Å². The average molecular weight is 328 g/mol. The summed E-state index contributed by atoms with van der Waals surface area (Å²) in [6.07, 6.45) is 0. The molecule has 9 heteroatoms. The molecule has 0 atom stereocenters. The number of benzene rings is 1. The highest BCUT2D eigenvalue weighted by Crippen LogP contribution is 2.31. The first-order valence-corrected chi connectivity index (χ1v) is 7.12. The zero-order chi connectivity index (χ0) is 17.6. The maximum Gasteiger partial charge on any atom is 0.268 e. The number of rotatable bonds is 1. The van der Waals surface area contributed by atoms with E-state index in [1.807, 2.05) is 18.2 Å². The molecule has 25 heavy (non-hydrogen) atoms. The SMILES string of the molecule is N#Cc1nnc2c3c(-c4ccccc4)c(C#N)c(=O)[nH]c3nn2c1N. The van der Waals surface area contributed by atoms with Gasteiger partial charge in [-0.15, -0.1) is 15.3 Å². The zero-order valence-electron chi connectivity index (χ0n) is 12.6. The molecule has 0 aliphatic carbocycles. The molecule has 0 bridgehead atoms. The number of aromatic amines is 1. The molecule has 118 valence electrons. The fraction of sp³-hybridized carbons (Fsp3) is 0. The Balaban J connectivity index is 2.28. The number of aromatic nitrogens is 5. The van der Waals surface area contributed by atoms with E-state index in [4.69, 9.17) is 11.0 Å². The molecule has 0 amide bonds. The first-order valence-electron chi connectivity index (χ1n) is 7.12. The van der Waals surface area contributed by atoms with Crippen LogP contribution in [0.4, 0.5) is 5.82 Å². The second-order valence-electron chi connectivity index (χ2n) is 5.19. The Bertz CT molecular complexity index is 1290. The van der Waals surface area contributed by atoms with Crippen molar-refractivity contribution in [1.29, 1.82) is 10.5 Å². The zero-order valence-corrected chi connectivity index (χ0v) is 12.6. The highest BCUT2D eigenvalue weighted by atomic mass is 16.1. The summed E-state index contributed by atoms with van der Waals surface area (Å²) < 4.78 is 1.24. The molecule has 4 rings (SSSR count). The van der Waals surface area contributed by atoms with E-state index < -0.39 is 5.56 Å². The van der Waals surface area contributed by atoms with Crippen LogP contribution in [-0.4, -0.2) is 24.8 Å². The molecule has 0 radical (unpaired) electrons. The number of nitrogens with zero attached hydrogens (tertiary/aromatic N) is 6. The van der Waals surface area contributed by atoms with Crippen molar-refractivity contribution in [3.05, 3.63) is 51.9 Å². The Kier molecular flexibility index (Phi) is 2.96. The normalized spacial score (nSPS) is 10.6. The van der Waals surface area contributed by atoms with Gasteiger partial charge in [0.2, 0.25) is 5.69 Å². The molecule has 0 fully saturated rings. The van der Waals surface area contributed by atoms with E-state index in [1.54, 1.807) is 24.3 Å². The van der Waals surface area contributed by atoms with Crippen molar-refractivity contribution >= 4 is 22.5 Å². The molecular formula is C16H8N8O. The number of fused-ring (bicyclic) bond motifs is 3. The summed E-state index contributed by atoms with van der Waals surface area (Å²) in [5.41, 5.74) is 6.72. The van der Waals surface area contributed by atoms with Crippen LogP contribution in [0.15, 0.2) is 35.1 Å². The molecule has 9 nitrogen and oxygen atoms in total. The number of nitriles is 2. The topological polar surface area (TPSA) is 150 Å². The minimum absolute atomic E-state index is 0.00192. The molecule has 3 N–H and O–H groups in total. The van der Waals surface area contributed by atoms with Gasteiger partial charge in [0.1, 0.15) is 17.7 Å². The molecule has 0 aliphatic heterocycles. The minimum Gasteiger partial charge on any atom is -0.381 e. The highest BCUT2D eigenvalue weighted by Gasteiger charge is 2.21. The van der Waals surface area contributed by atoms with Crippen LogP contribution in [0, 0.1) is 22.7 Å². The third kappa shape index (κ3) is 1.93. The van der Waals surface area contributed by atoms with Crippen molar-refractivity contribution in [2.75, 3.05) is 5.73 Å². The summed E-state index contributed by atoms with van der Waals surface area (Å²) in [4.78, 5) is 14.9. The first kappa shape index (κ1) is 14.4. The predicted molar refractivity (Wildman–Crippen MR) is 88.2 cm³/mol. The van der Waals surface area contributed by atoms with Gasteiger partial charge < -0.3 is 10.7 Å². The summed E-state index contributed by atoms with van der Waals surface area (Å²) >= 11 is 0. The lowest BCUT2D eigenvalue weighted by Gasteiger charge is -2.05. The van der Waals surface area contributed by atoms with Crippen molar-refractivity contribution in [3.8, 4) is 23.3 Å². The average Bonchev–Trinajstić information content (AvgIpc) is 3.00. The second kappa shape index (κ2) is 5.15. The number of hydrogen-bond donors (Lipinski definition) is 2. The van der Waals surface area contributed by atoms with Crippen LogP contribution in [0.25, 0.3) is 27.8 Å². The Morgan fingerprint density at radius 3 is 2.56 bits per heavy atom. The Morgan fingerprint density at radius 1 is 1.12 bits per heavy atom. The van der Waals surface area contributed by atoms with Crippen molar-refractivity contribution in [1.82, 2.24) is 24.8 Å². The number of nitrogens with one attached hydrogen (secondary N) is 1. The first-order chi connectivity index (χ1) is 12.2. The molecule has 0 saturated heterocycles. The fourth-order valence-corrected chi connectivity index (χ4v) is 2.72. The second-order valence-corrected chi connectivity index (χ2v) is 5.19. The van der Waals surface area contributed by atoms with Gasteiger partial charge in [0.25, 0.3) is 5.56 Å². The standard InChI is InChI=1S/C16H8N8O/c17-6-9-11(8-4-2-1-3-5-8)12-14(20-16(9)25)23-24-13(19)10(7-18)21-22-15(12)24/h1-5H,19H2,(H,20,23,25). The van der Waals surface area contributed by atoms with Crippen LogP contribution >= 0.6 is 0 Å². The van der Waals surface area contributed by atoms with Gasteiger partial charge in [0.05, 0.1) is 5.39 Å². The fourth-order valence-electron chi connectivity index (χ4n) is 2.72. The number of hydrogen-bond acceptors (Lipinski definition) is 7. The largest absolute Gasteiger partial charge is 0.381 e. The third-order valence-corrected chi connectivity index (χ3v) is 3.82. The molecular weight excluding hydrogens is 320 g/mol. The van der Waals surface area contributed by atoms with Gasteiger partial charge in [-0.05, 0) is 5.56 Å². The summed E-state index contributed by atoms with van der Waals surface area (Å²) in [6.45, 7) is 0. The van der Waals surface area contributed by atoms with E-state index in [2.05, 4.69) is 20.3 Å². The lowest BCUT2D eigenvalue weighted by atomic mass is 9.99. The van der Waals surface area contributed by atoms with Crippen molar-refractivity contribution in [3.63, 3.8) is 0 Å². The van der Waals surface area contributed by atoms with Crippen molar-refractivity contribution in [2.45, 2.75) is 0 Å². The van der Waals surface area contributed by atoms with Crippen LogP contribution in [0.2, 0.25) is 0 Å². The van der Waals surface area contributed by atoms with Crippen LogP contribution < -0.4 is 11.3 Å². The predicted octanol–water partition coefficient (Wildman–Crippen LogP) is 0.958. The van der Waals surface area contributed by atoms with Gasteiger partial charge in [-0.1, -0.05) is 30.3 Å². The van der Waals surface area contributed by atoms with E-state index in [-0.39, 0.29) is 28.4 Å². The maximum absolute atomic E-state index is 12.3. The van der Waals surface area contributed by atoms with E-state index >= 15 is 0 Å². The Hall–Kier alpha value is -4.24. The summed E-state index contributed by atoms with van der Waals surface area (Å²) in [7, 11) is 0. The molecule has 0 spiro atoms. The van der Waals surface area contributed by atoms with Gasteiger partial charge in [-0.2, -0.15) is 15.0 Å². The van der Waals surface area contributed by atoms with Crippen molar-refractivity contribution in [2.24, 2.45) is 0 Å². The Labute approximate surface area is 139 Å². The summed E-state index contributed by atoms with van der Waals surface area (Å²) in [6, 6.07) is 12.7. The number of anilines is 1. The number of pyridine rings is 1. The quantitative estimate of drug-likeness (QED) is 0.528. The molecule has 0 aliphatic rings. The maximum atomic E-state index is 12.3. The lowest BCUT2D eigenvalue weighted by molar-refractivity contribution is 0.896. The van der Waals surface area contributed by atoms with Gasteiger partial charge in [0.15, 0.2) is 17.1 Å². The molecule has 0 unspecified atom stereocenters. The van der Waals surface area contributed by atoms with Gasteiger partial charge in [-0.3, -0.25) is 4.79 Å². The lowest BCUT2D eigenvalue weighted by Crippen LogP contribution is -2.11. The van der Waals surface area contributed by atoms with Crippen LogP contribution in [0.1, 0.15) is 11.3 Å². The molecule has 4 aromatic rings. The molecule has 3 aromatic heterocycles. The smallest absolute Gasteiger partial charge is 0.268 e. The van der Waals surface area contributed by atoms with Crippen molar-refractivity contribution < 1.29 is 0 Å². The van der Waals surface area contributed by atoms with E-state index in [1.165, 1.54) is 4.52 Å². The highest BCUT2D eigenvalue weighted by molar-refractivity contribution is 6.04. The number of H-pyrrole nitrogens is 1. The Morgan fingerprint density at radius 2 is 1.88 bits per heavy atom. The summed E-state index contributed by atoms with van der Waals surface area (Å²) in [5.74, 6) is 0.00192. The van der Waals surface area contributed by atoms with Gasteiger partial charge >= 0.3 is 0 Å². The summed E-state index contributed by atoms with van der Waals surface area (Å²) in [5, 5.41) is 31.0. The van der Waals surface area contributed by atoms with E-state index in [0.29, 0.717) is 16.5 Å². The van der Waals surface area contributed by atoms with Crippen LogP contribution in [-0.2, 0) is 0 Å². The molecule has 1 aromatic carbocycles. The molecule has 0 saturated carbocycles. The molecule has 3 heterocycles. The van der Waals surface area contributed by atoms with Gasteiger partial charge in [-0.25, -0.2) is 0 Å². The number of nitrogens with two attached hydrogens (primary N) is 1. The monoisotopic (exact) mass is 328 g/mol. The number of nitrogen functional groups attached to an aromatic ring is 1. The minimum atomic E-state index is -0.565. The van der Waals surface area contributed by atoms with Crippen LogP contribution in [0.3, 0.4) is 0 Å². The van der Waals surface area contributed by atoms with Crippen LogP contribution in [0.5, 0.6) is 0 Å². The van der Waals surface area contributed by atoms with E-state index in [9.17, 15) is 10.1 Å². The third-order valence-electron chi connectivity index (χ3n) is 3.82.